The fraction of sp³-hybridized carbons (Fsp3) is 0.520. The third-order valence-corrected chi connectivity index (χ3v) is 7.30. The van der Waals surface area contributed by atoms with Crippen LogP contribution < -0.4 is 4.90 Å². The summed E-state index contributed by atoms with van der Waals surface area (Å²) in [6, 6.07) is 3.50. The third kappa shape index (κ3) is 4.00. The predicted molar refractivity (Wildman–Crippen MR) is 121 cm³/mol. The maximum atomic E-state index is 13.8. The monoisotopic (exact) mass is 435 g/mol. The third-order valence-electron chi connectivity index (χ3n) is 7.30. The second kappa shape index (κ2) is 8.96. The molecule has 3 aromatic rings. The second-order valence-corrected chi connectivity index (χ2v) is 9.30. The van der Waals surface area contributed by atoms with Gasteiger partial charge in [0.2, 0.25) is 0 Å². The molecule has 0 bridgehead atoms. The lowest BCUT2D eigenvalue weighted by Crippen LogP contribution is -2.24. The van der Waals surface area contributed by atoms with Gasteiger partial charge in [0.15, 0.2) is 11.4 Å². The molecule has 5 rings (SSSR count). The summed E-state index contributed by atoms with van der Waals surface area (Å²) in [4.78, 5) is 24.5. The van der Waals surface area contributed by atoms with Crippen LogP contribution in [-0.2, 0) is 0 Å². The Kier molecular flexibility index (Phi) is 5.89. The number of hydrogen-bond donors (Lipinski definition) is 0. The van der Waals surface area contributed by atoms with E-state index in [4.69, 9.17) is 4.98 Å². The molecule has 4 heterocycles. The highest BCUT2D eigenvalue weighted by Gasteiger charge is 2.30. The van der Waals surface area contributed by atoms with Crippen LogP contribution in [-0.4, -0.2) is 31.9 Å². The molecule has 2 unspecified atom stereocenters. The maximum Gasteiger partial charge on any atom is 0.171 e. The van der Waals surface area contributed by atoms with E-state index < -0.39 is 0 Å². The minimum atomic E-state index is -0.325. The van der Waals surface area contributed by atoms with E-state index in [0.29, 0.717) is 17.1 Å². The minimum Gasteiger partial charge on any atom is -0.349 e. The molecule has 2 fully saturated rings. The number of Topliss-reactive ketones (excluding diaryl/α,β-unsaturated/α-hetero) is 1. The highest BCUT2D eigenvalue weighted by Crippen LogP contribution is 2.36. The number of fused-ring (bicyclic) bond motifs is 1. The van der Waals surface area contributed by atoms with Gasteiger partial charge in [0.05, 0.1) is 24.0 Å². The van der Waals surface area contributed by atoms with Crippen molar-refractivity contribution in [3.8, 4) is 0 Å². The number of carbonyl (C=O) groups is 1. The van der Waals surface area contributed by atoms with Crippen LogP contribution >= 0.6 is 0 Å². The average molecular weight is 436 g/mol. The van der Waals surface area contributed by atoms with Crippen molar-refractivity contribution in [2.24, 2.45) is 11.8 Å². The van der Waals surface area contributed by atoms with Gasteiger partial charge < -0.3 is 4.90 Å². The predicted octanol–water partition coefficient (Wildman–Crippen LogP) is 5.39. The maximum absolute atomic E-state index is 13.8. The lowest BCUT2D eigenvalue weighted by Gasteiger charge is -2.26. The number of hydrogen-bond acceptors (Lipinski definition) is 5. The Balaban J connectivity index is 1.44. The van der Waals surface area contributed by atoms with Crippen LogP contribution in [0.1, 0.15) is 80.3 Å². The lowest BCUT2D eigenvalue weighted by atomic mass is 9.83. The molecule has 1 saturated carbocycles. The summed E-state index contributed by atoms with van der Waals surface area (Å²) < 4.78 is 15.5. The molecule has 0 aromatic carbocycles. The first-order valence-corrected chi connectivity index (χ1v) is 11.9. The van der Waals surface area contributed by atoms with Crippen molar-refractivity contribution in [1.82, 2.24) is 19.6 Å². The molecule has 2 aliphatic rings. The van der Waals surface area contributed by atoms with E-state index in [2.05, 4.69) is 21.9 Å². The van der Waals surface area contributed by atoms with E-state index in [1.165, 1.54) is 31.9 Å². The molecule has 0 spiro atoms. The number of rotatable bonds is 5. The number of ketones is 1. The largest absolute Gasteiger partial charge is 0.349 e. The standard InChI is InChI=1S/C25H30FN5O/c1-17(18-7-4-2-3-5-8-18)24(32)21-16-28-31-12-10-23(29-25(21)31)30-11-6-9-22(30)19-13-20(26)15-27-14-19/h10,12-18,22H,2-9,11H2,1H3. The first-order chi connectivity index (χ1) is 15.6. The van der Waals surface area contributed by atoms with Gasteiger partial charge in [-0.25, -0.2) is 13.9 Å². The average Bonchev–Trinajstić information content (AvgIpc) is 3.37. The molecular formula is C25H30FN5O. The zero-order valence-corrected chi connectivity index (χ0v) is 18.6. The van der Waals surface area contributed by atoms with Crippen LogP contribution in [0.4, 0.5) is 10.2 Å². The Bertz CT molecular complexity index is 1100. The van der Waals surface area contributed by atoms with Gasteiger partial charge in [0, 0.05) is 24.9 Å². The molecule has 1 aliphatic heterocycles. The molecule has 0 N–H and O–H groups in total. The SMILES string of the molecule is CC(C(=O)c1cnn2ccc(N3CCCC3c3cncc(F)c3)nc12)C1CCCCCC1. The Labute approximate surface area is 187 Å². The molecule has 6 nitrogen and oxygen atoms in total. The van der Waals surface area contributed by atoms with Crippen molar-refractivity contribution < 1.29 is 9.18 Å². The van der Waals surface area contributed by atoms with Crippen molar-refractivity contribution >= 4 is 17.2 Å². The summed E-state index contributed by atoms with van der Waals surface area (Å²) in [5, 5.41) is 4.40. The van der Waals surface area contributed by atoms with Crippen LogP contribution in [0.5, 0.6) is 0 Å². The van der Waals surface area contributed by atoms with Crippen LogP contribution in [0.25, 0.3) is 5.65 Å². The fourth-order valence-electron chi connectivity index (χ4n) is 5.46. The molecule has 1 aliphatic carbocycles. The Morgan fingerprint density at radius 2 is 1.91 bits per heavy atom. The quantitative estimate of drug-likeness (QED) is 0.397. The molecule has 168 valence electrons. The van der Waals surface area contributed by atoms with E-state index in [0.717, 1.165) is 43.6 Å². The topological polar surface area (TPSA) is 63.4 Å². The van der Waals surface area contributed by atoms with E-state index in [-0.39, 0.29) is 23.6 Å². The summed E-state index contributed by atoms with van der Waals surface area (Å²) in [7, 11) is 0. The van der Waals surface area contributed by atoms with Gasteiger partial charge in [-0.05, 0) is 49.3 Å². The normalized spacial score (nSPS) is 21.1. The van der Waals surface area contributed by atoms with Crippen molar-refractivity contribution in [2.45, 2.75) is 64.3 Å². The van der Waals surface area contributed by atoms with Crippen LogP contribution in [0.15, 0.2) is 36.9 Å². The Morgan fingerprint density at radius 1 is 1.09 bits per heavy atom. The van der Waals surface area contributed by atoms with Gasteiger partial charge in [-0.2, -0.15) is 5.10 Å². The van der Waals surface area contributed by atoms with Crippen molar-refractivity contribution in [1.29, 1.82) is 0 Å². The number of pyridine rings is 1. The van der Waals surface area contributed by atoms with Crippen molar-refractivity contribution in [2.75, 3.05) is 11.4 Å². The van der Waals surface area contributed by atoms with Gasteiger partial charge in [-0.15, -0.1) is 0 Å². The van der Waals surface area contributed by atoms with E-state index in [1.807, 2.05) is 12.3 Å². The van der Waals surface area contributed by atoms with Gasteiger partial charge in [0.25, 0.3) is 0 Å². The zero-order valence-electron chi connectivity index (χ0n) is 18.6. The fourth-order valence-corrected chi connectivity index (χ4v) is 5.46. The van der Waals surface area contributed by atoms with Crippen LogP contribution in [0.2, 0.25) is 0 Å². The molecule has 3 aromatic heterocycles. The van der Waals surface area contributed by atoms with Gasteiger partial charge in [-0.1, -0.05) is 32.6 Å². The Hall–Kier alpha value is -2.83. The molecule has 0 amide bonds. The molecule has 1 saturated heterocycles. The molecule has 0 radical (unpaired) electrons. The summed E-state index contributed by atoms with van der Waals surface area (Å²) >= 11 is 0. The van der Waals surface area contributed by atoms with Crippen molar-refractivity contribution in [3.05, 3.63) is 53.9 Å². The summed E-state index contributed by atoms with van der Waals surface area (Å²) in [5.41, 5.74) is 2.07. The molecular weight excluding hydrogens is 405 g/mol. The zero-order chi connectivity index (χ0) is 22.1. The van der Waals surface area contributed by atoms with Crippen LogP contribution in [0.3, 0.4) is 0 Å². The summed E-state index contributed by atoms with van der Waals surface area (Å²) in [6.07, 6.45) is 15.6. The van der Waals surface area contributed by atoms with Gasteiger partial charge in [0.1, 0.15) is 11.6 Å². The number of carbonyl (C=O) groups excluding carboxylic acids is 1. The molecule has 2 atom stereocenters. The lowest BCUT2D eigenvalue weighted by molar-refractivity contribution is 0.0879. The summed E-state index contributed by atoms with van der Waals surface area (Å²) in [5.74, 6) is 1.02. The first kappa shape index (κ1) is 21.0. The van der Waals surface area contributed by atoms with Gasteiger partial charge in [-0.3, -0.25) is 9.78 Å². The number of aromatic nitrogens is 4. The van der Waals surface area contributed by atoms with Crippen LogP contribution in [0, 0.1) is 17.7 Å². The Morgan fingerprint density at radius 3 is 2.69 bits per heavy atom. The first-order valence-electron chi connectivity index (χ1n) is 11.9. The van der Waals surface area contributed by atoms with Gasteiger partial charge >= 0.3 is 0 Å². The van der Waals surface area contributed by atoms with Crippen molar-refractivity contribution in [3.63, 3.8) is 0 Å². The second-order valence-electron chi connectivity index (χ2n) is 9.30. The number of anilines is 1. The highest BCUT2D eigenvalue weighted by atomic mass is 19.1. The van der Waals surface area contributed by atoms with E-state index in [1.54, 1.807) is 23.0 Å². The minimum absolute atomic E-state index is 0.0236. The van der Waals surface area contributed by atoms with E-state index in [9.17, 15) is 9.18 Å². The number of halogens is 1. The highest BCUT2D eigenvalue weighted by molar-refractivity contribution is 6.02. The molecule has 32 heavy (non-hydrogen) atoms. The summed E-state index contributed by atoms with van der Waals surface area (Å²) in [6.45, 7) is 2.90. The van der Waals surface area contributed by atoms with E-state index >= 15 is 0 Å². The smallest absolute Gasteiger partial charge is 0.171 e. The number of nitrogens with zero attached hydrogens (tertiary/aromatic N) is 5. The molecule has 7 heteroatoms.